The van der Waals surface area contributed by atoms with E-state index in [0.29, 0.717) is 18.5 Å². The van der Waals surface area contributed by atoms with E-state index in [9.17, 15) is 9.18 Å². The van der Waals surface area contributed by atoms with Crippen LogP contribution in [0.5, 0.6) is 0 Å². The van der Waals surface area contributed by atoms with E-state index in [-0.39, 0.29) is 12.2 Å². The fourth-order valence-corrected chi connectivity index (χ4v) is 2.92. The van der Waals surface area contributed by atoms with Gasteiger partial charge in [-0.3, -0.25) is 9.78 Å². The molecule has 5 heteroatoms. The first kappa shape index (κ1) is 15.0. The Morgan fingerprint density at radius 2 is 2.00 bits per heavy atom. The lowest BCUT2D eigenvalue weighted by atomic mass is 10.0. The Morgan fingerprint density at radius 3 is 2.67 bits per heavy atom. The number of carbonyl (C=O) groups excluding carboxylic acids is 1. The third-order valence-corrected chi connectivity index (χ3v) is 4.82. The van der Waals surface area contributed by atoms with Gasteiger partial charge in [0, 0.05) is 29.9 Å². The molecule has 2 heterocycles. The van der Waals surface area contributed by atoms with Crippen molar-refractivity contribution in [2.75, 3.05) is 0 Å². The fraction of sp³-hybridized carbons (Fsp3) is 0.316. The summed E-state index contributed by atoms with van der Waals surface area (Å²) in [6.45, 7) is 1.96. The number of halogens is 1. The summed E-state index contributed by atoms with van der Waals surface area (Å²) in [7, 11) is 1.98. The minimum absolute atomic E-state index is 0.0570. The van der Waals surface area contributed by atoms with Gasteiger partial charge in [0.15, 0.2) is 11.5 Å². The van der Waals surface area contributed by atoms with E-state index in [4.69, 9.17) is 0 Å². The molecule has 1 fully saturated rings. The molecule has 0 atom stereocenters. The molecule has 0 saturated heterocycles. The summed E-state index contributed by atoms with van der Waals surface area (Å²) >= 11 is 0. The van der Waals surface area contributed by atoms with Crippen molar-refractivity contribution in [3.8, 4) is 11.3 Å². The molecule has 1 aromatic carbocycles. The number of nitrogens with zero attached hydrogens (tertiary/aromatic N) is 3. The first-order valence-electron chi connectivity index (χ1n) is 8.06. The number of imidazole rings is 1. The van der Waals surface area contributed by atoms with E-state index in [1.54, 1.807) is 6.20 Å². The van der Waals surface area contributed by atoms with Crippen LogP contribution in [-0.4, -0.2) is 26.0 Å². The number of ketones is 1. The summed E-state index contributed by atoms with van der Waals surface area (Å²) < 4.78 is 15.9. The molecule has 0 unspecified atom stereocenters. The van der Waals surface area contributed by atoms with Crippen LogP contribution in [-0.2, 0) is 18.3 Å². The number of pyridine rings is 1. The lowest BCUT2D eigenvalue weighted by Gasteiger charge is -2.08. The van der Waals surface area contributed by atoms with Crippen LogP contribution in [0.15, 0.2) is 36.7 Å². The topological polar surface area (TPSA) is 47.8 Å². The molecule has 1 aliphatic carbocycles. The summed E-state index contributed by atoms with van der Waals surface area (Å²) in [5, 5.41) is 1.99. The fourth-order valence-electron chi connectivity index (χ4n) is 2.92. The Labute approximate surface area is 139 Å². The lowest BCUT2D eigenvalue weighted by Crippen LogP contribution is -2.19. The maximum Gasteiger partial charge on any atom is 0.175 e. The van der Waals surface area contributed by atoms with Gasteiger partial charge in [-0.15, -0.1) is 0 Å². The second kappa shape index (κ2) is 5.23. The van der Waals surface area contributed by atoms with Crippen LogP contribution in [0.25, 0.3) is 22.0 Å². The molecule has 24 heavy (non-hydrogen) atoms. The molecule has 0 aliphatic heterocycles. The molecular weight excluding hydrogens is 305 g/mol. The van der Waals surface area contributed by atoms with Crippen molar-refractivity contribution in [2.45, 2.75) is 31.9 Å². The van der Waals surface area contributed by atoms with E-state index in [1.165, 1.54) is 0 Å². The Kier molecular flexibility index (Phi) is 3.27. The second-order valence-corrected chi connectivity index (χ2v) is 6.55. The van der Waals surface area contributed by atoms with Crippen LogP contribution in [0, 0.1) is 6.92 Å². The maximum atomic E-state index is 13.8. The molecule has 122 valence electrons. The summed E-state index contributed by atoms with van der Waals surface area (Å²) in [6, 6.07) is 7.98. The normalized spacial score (nSPS) is 15.6. The quantitative estimate of drug-likeness (QED) is 0.737. The third kappa shape index (κ3) is 2.50. The number of rotatable bonds is 4. The number of aryl methyl sites for hydroxylation is 1. The highest BCUT2D eigenvalue weighted by molar-refractivity contribution is 5.92. The van der Waals surface area contributed by atoms with E-state index < -0.39 is 5.67 Å². The highest BCUT2D eigenvalue weighted by atomic mass is 19.1. The number of carbonyl (C=O) groups is 1. The molecule has 0 spiro atoms. The monoisotopic (exact) mass is 323 g/mol. The summed E-state index contributed by atoms with van der Waals surface area (Å²) in [5.74, 6) is 0.594. The van der Waals surface area contributed by atoms with Gasteiger partial charge in [-0.25, -0.2) is 9.37 Å². The lowest BCUT2D eigenvalue weighted by molar-refractivity contribution is -0.124. The van der Waals surface area contributed by atoms with Gasteiger partial charge in [-0.05, 0) is 37.3 Å². The van der Waals surface area contributed by atoms with E-state index in [2.05, 4.69) is 16.0 Å². The van der Waals surface area contributed by atoms with Gasteiger partial charge in [0.05, 0.1) is 18.3 Å². The Morgan fingerprint density at radius 1 is 1.21 bits per heavy atom. The number of benzene rings is 1. The summed E-state index contributed by atoms with van der Waals surface area (Å²) in [4.78, 5) is 20.6. The standard InChI is InChI=1S/C19H18FN3O/c1-12-21-11-17(23(12)2)13-3-4-14-10-22-16(8-15(14)7-13)9-18(24)19(20)5-6-19/h3-4,7-8,10-11H,5-6,9H2,1-2H3. The number of hydrogen-bond donors (Lipinski definition) is 0. The number of fused-ring (bicyclic) bond motifs is 1. The van der Waals surface area contributed by atoms with Gasteiger partial charge >= 0.3 is 0 Å². The molecule has 1 saturated carbocycles. The first-order valence-corrected chi connectivity index (χ1v) is 8.06. The summed E-state index contributed by atoms with van der Waals surface area (Å²) in [6.07, 6.45) is 4.35. The van der Waals surface area contributed by atoms with Crippen LogP contribution >= 0.6 is 0 Å². The van der Waals surface area contributed by atoms with Gasteiger partial charge in [0.2, 0.25) is 0 Å². The van der Waals surface area contributed by atoms with Crippen LogP contribution in [0.2, 0.25) is 0 Å². The van der Waals surface area contributed by atoms with Gasteiger partial charge in [-0.2, -0.15) is 0 Å². The van der Waals surface area contributed by atoms with Crippen molar-refractivity contribution >= 4 is 16.6 Å². The minimum atomic E-state index is -1.59. The summed E-state index contributed by atoms with van der Waals surface area (Å²) in [5.41, 5.74) is 1.11. The average Bonchev–Trinajstić information content (AvgIpc) is 3.24. The molecule has 0 bridgehead atoms. The Hall–Kier alpha value is -2.56. The van der Waals surface area contributed by atoms with Crippen LogP contribution < -0.4 is 0 Å². The molecule has 0 radical (unpaired) electrons. The third-order valence-electron chi connectivity index (χ3n) is 4.82. The van der Waals surface area contributed by atoms with E-state index in [1.807, 2.05) is 42.9 Å². The Bertz CT molecular complexity index is 956. The van der Waals surface area contributed by atoms with Crippen molar-refractivity contribution in [3.63, 3.8) is 0 Å². The van der Waals surface area contributed by atoms with Gasteiger partial charge < -0.3 is 4.57 Å². The molecule has 1 aliphatic rings. The SMILES string of the molecule is Cc1ncc(-c2ccc3cnc(CC(=O)C4(F)CC4)cc3c2)n1C. The van der Waals surface area contributed by atoms with E-state index in [0.717, 1.165) is 27.9 Å². The molecular formula is C19H18FN3O. The Balaban J connectivity index is 1.70. The van der Waals surface area contributed by atoms with Crippen molar-refractivity contribution in [2.24, 2.45) is 7.05 Å². The van der Waals surface area contributed by atoms with Gasteiger partial charge in [-0.1, -0.05) is 12.1 Å². The zero-order valence-corrected chi connectivity index (χ0v) is 13.7. The highest BCUT2D eigenvalue weighted by Crippen LogP contribution is 2.41. The van der Waals surface area contributed by atoms with Gasteiger partial charge in [0.1, 0.15) is 5.82 Å². The molecule has 3 aromatic rings. The number of hydrogen-bond acceptors (Lipinski definition) is 3. The zero-order valence-electron chi connectivity index (χ0n) is 13.7. The van der Waals surface area contributed by atoms with Gasteiger partial charge in [0.25, 0.3) is 0 Å². The number of Topliss-reactive ketones (excluding diaryl/α,β-unsaturated/α-hetero) is 1. The van der Waals surface area contributed by atoms with Crippen LogP contribution in [0.3, 0.4) is 0 Å². The number of aromatic nitrogens is 3. The predicted molar refractivity (Wildman–Crippen MR) is 90.5 cm³/mol. The largest absolute Gasteiger partial charge is 0.331 e. The van der Waals surface area contributed by atoms with Crippen molar-refractivity contribution in [1.29, 1.82) is 0 Å². The molecule has 0 N–H and O–H groups in total. The predicted octanol–water partition coefficient (Wildman–Crippen LogP) is 3.56. The molecule has 4 rings (SSSR count). The molecule has 4 nitrogen and oxygen atoms in total. The smallest absolute Gasteiger partial charge is 0.175 e. The van der Waals surface area contributed by atoms with Crippen LogP contribution in [0.1, 0.15) is 24.4 Å². The minimum Gasteiger partial charge on any atom is -0.331 e. The average molecular weight is 323 g/mol. The number of alkyl halides is 1. The molecule has 2 aromatic heterocycles. The van der Waals surface area contributed by atoms with E-state index >= 15 is 0 Å². The maximum absolute atomic E-state index is 13.8. The zero-order chi connectivity index (χ0) is 16.9. The first-order chi connectivity index (χ1) is 11.5. The van der Waals surface area contributed by atoms with Crippen LogP contribution in [0.4, 0.5) is 4.39 Å². The molecule has 0 amide bonds. The van der Waals surface area contributed by atoms with Crippen molar-refractivity contribution in [3.05, 3.63) is 48.2 Å². The second-order valence-electron chi connectivity index (χ2n) is 6.55. The highest BCUT2D eigenvalue weighted by Gasteiger charge is 2.49. The van der Waals surface area contributed by atoms with Crippen molar-refractivity contribution < 1.29 is 9.18 Å². The van der Waals surface area contributed by atoms with Crippen molar-refractivity contribution in [1.82, 2.24) is 14.5 Å².